The SMILES string of the molecule is CC(C)Cc1nc2c(cnn2[C@@H]2CCN(C(=O)OC(C)(C)C)C[C@H]2S(C)(=O)=O)c(-c2ccc3c(c2)OCC(=O)N3Cc2ncc(Cl)cn2)c1C#N. The lowest BCUT2D eigenvalue weighted by molar-refractivity contribution is -0.121. The number of anilines is 1. The number of piperidine rings is 1. The van der Waals surface area contributed by atoms with E-state index in [4.69, 9.17) is 31.2 Å². The second kappa shape index (κ2) is 13.7. The van der Waals surface area contributed by atoms with Gasteiger partial charge in [0, 0.05) is 42.7 Å². The number of halogens is 1. The molecular formula is C35H39ClN8O6S. The van der Waals surface area contributed by atoms with Crippen molar-refractivity contribution in [2.75, 3.05) is 30.9 Å². The van der Waals surface area contributed by atoms with Crippen LogP contribution in [0, 0.1) is 17.2 Å². The fourth-order valence-electron chi connectivity index (χ4n) is 6.50. The number of aromatic nitrogens is 5. The van der Waals surface area contributed by atoms with Gasteiger partial charge in [0.1, 0.15) is 28.5 Å². The Labute approximate surface area is 301 Å². The Bertz CT molecular complexity index is 2160. The van der Waals surface area contributed by atoms with Crippen molar-refractivity contribution < 1.29 is 27.5 Å². The molecule has 1 fully saturated rings. The van der Waals surface area contributed by atoms with Crippen LogP contribution < -0.4 is 9.64 Å². The Hall–Kier alpha value is -4.81. The molecule has 0 unspecified atom stereocenters. The van der Waals surface area contributed by atoms with E-state index in [1.54, 1.807) is 49.8 Å². The van der Waals surface area contributed by atoms with Crippen molar-refractivity contribution in [2.45, 2.75) is 70.9 Å². The zero-order chi connectivity index (χ0) is 36.8. The zero-order valence-electron chi connectivity index (χ0n) is 29.3. The number of amides is 2. The van der Waals surface area contributed by atoms with E-state index in [1.807, 2.05) is 13.8 Å². The standard InChI is InChI=1S/C35H39ClN8O6S/c1-20(2)11-25-23(13-37)32(21-7-8-26-28(12-21)49-19-31(45)43(26)18-30-38-14-22(36)15-39-30)24-16-40-44(33(24)41-25)27-9-10-42(17-29(27)51(6,47)48)34(46)50-35(3,4)5/h7-8,12,14-16,20,27,29H,9-11,17-19H2,1-6H3/t27-,29-/m1/s1. The molecule has 1 saturated heterocycles. The quantitative estimate of drug-likeness (QED) is 0.246. The number of hydrogen-bond donors (Lipinski definition) is 0. The van der Waals surface area contributed by atoms with E-state index in [9.17, 15) is 23.3 Å². The van der Waals surface area contributed by atoms with Crippen LogP contribution in [0.2, 0.25) is 5.02 Å². The number of ether oxygens (including phenoxy) is 2. The first kappa shape index (κ1) is 36.0. The van der Waals surface area contributed by atoms with Crippen LogP contribution >= 0.6 is 11.6 Å². The van der Waals surface area contributed by atoms with Crippen LogP contribution in [0.4, 0.5) is 10.5 Å². The first-order valence-electron chi connectivity index (χ1n) is 16.5. The van der Waals surface area contributed by atoms with Crippen LogP contribution in [-0.2, 0) is 32.3 Å². The lowest BCUT2D eigenvalue weighted by Gasteiger charge is -2.38. The third kappa shape index (κ3) is 7.48. The second-order valence-electron chi connectivity index (χ2n) is 14.3. The maximum atomic E-state index is 13.3. The predicted octanol–water partition coefficient (Wildman–Crippen LogP) is 5.13. The molecule has 0 aliphatic carbocycles. The highest BCUT2D eigenvalue weighted by molar-refractivity contribution is 7.91. The van der Waals surface area contributed by atoms with E-state index in [-0.39, 0.29) is 44.5 Å². The first-order valence-corrected chi connectivity index (χ1v) is 18.9. The molecule has 2 aliphatic heterocycles. The molecule has 0 saturated carbocycles. The van der Waals surface area contributed by atoms with Gasteiger partial charge >= 0.3 is 6.09 Å². The largest absolute Gasteiger partial charge is 0.482 e. The highest BCUT2D eigenvalue weighted by atomic mass is 35.5. The Kier molecular flexibility index (Phi) is 9.69. The van der Waals surface area contributed by atoms with E-state index in [2.05, 4.69) is 16.0 Å². The lowest BCUT2D eigenvalue weighted by atomic mass is 9.93. The van der Waals surface area contributed by atoms with Gasteiger partial charge in [-0.15, -0.1) is 0 Å². The lowest BCUT2D eigenvalue weighted by Crippen LogP contribution is -2.51. The van der Waals surface area contributed by atoms with Gasteiger partial charge in [-0.05, 0) is 57.2 Å². The van der Waals surface area contributed by atoms with Crippen LogP contribution in [-0.4, -0.2) is 86.9 Å². The van der Waals surface area contributed by atoms with E-state index in [0.29, 0.717) is 62.1 Å². The summed E-state index contributed by atoms with van der Waals surface area (Å²) in [6, 6.07) is 7.07. The molecule has 0 radical (unpaired) electrons. The predicted molar refractivity (Wildman–Crippen MR) is 190 cm³/mol. The average Bonchev–Trinajstić information content (AvgIpc) is 3.47. The molecule has 2 atom stereocenters. The van der Waals surface area contributed by atoms with Crippen LogP contribution in [0.5, 0.6) is 5.75 Å². The fraction of sp³-hybridized carbons (Fsp3) is 0.457. The Morgan fingerprint density at radius 1 is 1.20 bits per heavy atom. The summed E-state index contributed by atoms with van der Waals surface area (Å²) in [6.07, 6.45) is 5.89. The minimum atomic E-state index is -3.68. The van der Waals surface area contributed by atoms with Crippen molar-refractivity contribution in [3.8, 4) is 22.9 Å². The number of nitriles is 1. The van der Waals surface area contributed by atoms with Gasteiger partial charge in [-0.3, -0.25) is 9.69 Å². The Balaban J connectivity index is 1.44. The maximum Gasteiger partial charge on any atom is 0.410 e. The van der Waals surface area contributed by atoms with Crippen LogP contribution in [0.25, 0.3) is 22.2 Å². The summed E-state index contributed by atoms with van der Waals surface area (Å²) >= 11 is 5.95. The minimum Gasteiger partial charge on any atom is -0.482 e. The molecule has 16 heteroatoms. The highest BCUT2D eigenvalue weighted by Gasteiger charge is 2.41. The maximum absolute atomic E-state index is 13.3. The number of benzene rings is 1. The van der Waals surface area contributed by atoms with Crippen molar-refractivity contribution in [3.63, 3.8) is 0 Å². The molecule has 268 valence electrons. The van der Waals surface area contributed by atoms with Gasteiger partial charge in [0.05, 0.1) is 40.8 Å². The molecule has 2 aliphatic rings. The van der Waals surface area contributed by atoms with E-state index in [1.165, 1.54) is 22.2 Å². The Morgan fingerprint density at radius 3 is 2.57 bits per heavy atom. The van der Waals surface area contributed by atoms with E-state index in [0.717, 1.165) is 6.26 Å². The van der Waals surface area contributed by atoms with Gasteiger partial charge < -0.3 is 14.4 Å². The summed E-state index contributed by atoms with van der Waals surface area (Å²) in [4.78, 5) is 42.3. The third-order valence-electron chi connectivity index (χ3n) is 8.74. The van der Waals surface area contributed by atoms with Gasteiger partial charge in [0.2, 0.25) is 0 Å². The number of rotatable bonds is 7. The number of sulfone groups is 1. The summed E-state index contributed by atoms with van der Waals surface area (Å²) in [5, 5.41) is 15.2. The number of pyridine rings is 1. The van der Waals surface area contributed by atoms with Crippen molar-refractivity contribution in [1.29, 1.82) is 5.26 Å². The molecular weight excluding hydrogens is 696 g/mol. The van der Waals surface area contributed by atoms with Crippen molar-refractivity contribution in [3.05, 3.63) is 58.9 Å². The molecule has 51 heavy (non-hydrogen) atoms. The molecule has 3 aromatic heterocycles. The number of nitrogens with zero attached hydrogens (tertiary/aromatic N) is 8. The average molecular weight is 735 g/mol. The highest BCUT2D eigenvalue weighted by Crippen LogP contribution is 2.41. The van der Waals surface area contributed by atoms with Crippen molar-refractivity contribution in [1.82, 2.24) is 29.6 Å². The summed E-state index contributed by atoms with van der Waals surface area (Å²) in [7, 11) is -3.68. The smallest absolute Gasteiger partial charge is 0.410 e. The fourth-order valence-corrected chi connectivity index (χ4v) is 7.87. The topological polar surface area (TPSA) is 173 Å². The summed E-state index contributed by atoms with van der Waals surface area (Å²) < 4.78 is 39.6. The molecule has 0 spiro atoms. The molecule has 6 rings (SSSR count). The number of fused-ring (bicyclic) bond motifs is 2. The van der Waals surface area contributed by atoms with Crippen molar-refractivity contribution >= 4 is 50.2 Å². The van der Waals surface area contributed by atoms with Gasteiger partial charge in [-0.1, -0.05) is 31.5 Å². The summed E-state index contributed by atoms with van der Waals surface area (Å²) in [5.74, 6) is 0.715. The van der Waals surface area contributed by atoms with Gasteiger partial charge in [-0.2, -0.15) is 10.4 Å². The molecule has 1 aromatic carbocycles. The van der Waals surface area contributed by atoms with Gasteiger partial charge in [-0.25, -0.2) is 32.8 Å². The number of carbonyl (C=O) groups excluding carboxylic acids is 2. The first-order chi connectivity index (χ1) is 24.0. The van der Waals surface area contributed by atoms with E-state index < -0.39 is 32.8 Å². The number of carbonyl (C=O) groups is 2. The molecule has 0 N–H and O–H groups in total. The second-order valence-corrected chi connectivity index (χ2v) is 17.0. The van der Waals surface area contributed by atoms with Crippen LogP contribution in [0.15, 0.2) is 36.8 Å². The number of hydrogen-bond acceptors (Lipinski definition) is 11. The van der Waals surface area contributed by atoms with E-state index >= 15 is 0 Å². The molecule has 14 nitrogen and oxygen atoms in total. The monoisotopic (exact) mass is 734 g/mol. The summed E-state index contributed by atoms with van der Waals surface area (Å²) in [5.41, 5.74) is 2.34. The van der Waals surface area contributed by atoms with Crippen molar-refractivity contribution in [2.24, 2.45) is 5.92 Å². The molecule has 0 bridgehead atoms. The summed E-state index contributed by atoms with van der Waals surface area (Å²) in [6.45, 7) is 9.42. The van der Waals surface area contributed by atoms with Crippen LogP contribution in [0.1, 0.15) is 64.2 Å². The normalized spacial score (nSPS) is 18.1. The molecule has 4 aromatic rings. The molecule has 2 amide bonds. The number of likely N-dealkylation sites (tertiary alicyclic amines) is 1. The van der Waals surface area contributed by atoms with Gasteiger partial charge in [0.25, 0.3) is 5.91 Å². The minimum absolute atomic E-state index is 0.0693. The Morgan fingerprint density at radius 2 is 1.92 bits per heavy atom. The molecule has 5 heterocycles. The third-order valence-corrected chi connectivity index (χ3v) is 10.5. The zero-order valence-corrected chi connectivity index (χ0v) is 30.8. The van der Waals surface area contributed by atoms with Crippen LogP contribution in [0.3, 0.4) is 0 Å². The van der Waals surface area contributed by atoms with Gasteiger partial charge in [0.15, 0.2) is 22.1 Å².